The largest absolute Gasteiger partial charge is 0.226 e. The average Bonchev–Trinajstić information content (AvgIpc) is 3.43. The number of aromatic nitrogens is 2. The van der Waals surface area contributed by atoms with Gasteiger partial charge in [0.15, 0.2) is 5.82 Å². The third kappa shape index (κ3) is 4.19. The Morgan fingerprint density at radius 1 is 0.439 bits per heavy atom. The molecule has 8 rings (SSSR count). The van der Waals surface area contributed by atoms with Gasteiger partial charge in [-0.25, -0.2) is 9.97 Å². The van der Waals surface area contributed by atoms with E-state index in [0.29, 0.717) is 0 Å². The first kappa shape index (κ1) is 23.7. The van der Waals surface area contributed by atoms with Gasteiger partial charge < -0.3 is 0 Å². The standard InChI is InChI=1S/C38H24N2S/c1-2-11-25(12-3-1)27-15-8-17-29(23-27)35-37-36(33-20-6-7-22-34(33)41-37)40-38(39-35)30-18-9-16-28(24-30)32-21-10-14-26-13-4-5-19-31(26)32/h1-24H. The van der Waals surface area contributed by atoms with Gasteiger partial charge in [0.2, 0.25) is 0 Å². The molecule has 0 saturated carbocycles. The Balaban J connectivity index is 1.34. The lowest BCUT2D eigenvalue weighted by molar-refractivity contribution is 1.24. The molecule has 0 N–H and O–H groups in total. The lowest BCUT2D eigenvalue weighted by Crippen LogP contribution is -1.94. The summed E-state index contributed by atoms with van der Waals surface area (Å²) in [4.78, 5) is 10.5. The summed E-state index contributed by atoms with van der Waals surface area (Å²) in [5.41, 5.74) is 8.82. The Bertz CT molecular complexity index is 2210. The molecule has 0 unspecified atom stereocenters. The third-order valence-electron chi connectivity index (χ3n) is 7.68. The minimum absolute atomic E-state index is 0.739. The molecule has 0 fully saturated rings. The first-order valence-electron chi connectivity index (χ1n) is 13.8. The molecular formula is C38H24N2S. The van der Waals surface area contributed by atoms with Crippen LogP contribution >= 0.6 is 11.3 Å². The summed E-state index contributed by atoms with van der Waals surface area (Å²) in [6, 6.07) is 51.4. The monoisotopic (exact) mass is 540 g/mol. The van der Waals surface area contributed by atoms with Crippen LogP contribution in [0.4, 0.5) is 0 Å². The van der Waals surface area contributed by atoms with Gasteiger partial charge in [-0.15, -0.1) is 11.3 Å². The van der Waals surface area contributed by atoms with Gasteiger partial charge in [0, 0.05) is 21.2 Å². The van der Waals surface area contributed by atoms with E-state index in [1.807, 2.05) is 0 Å². The topological polar surface area (TPSA) is 25.8 Å². The lowest BCUT2D eigenvalue weighted by atomic mass is 9.97. The molecule has 41 heavy (non-hydrogen) atoms. The second-order valence-electron chi connectivity index (χ2n) is 10.2. The van der Waals surface area contributed by atoms with Crippen LogP contribution < -0.4 is 0 Å². The van der Waals surface area contributed by atoms with E-state index >= 15 is 0 Å². The summed E-state index contributed by atoms with van der Waals surface area (Å²) in [5, 5.41) is 3.64. The van der Waals surface area contributed by atoms with Crippen molar-refractivity contribution in [2.75, 3.05) is 0 Å². The van der Waals surface area contributed by atoms with Crippen molar-refractivity contribution in [3.8, 4) is 44.9 Å². The van der Waals surface area contributed by atoms with Gasteiger partial charge in [0.25, 0.3) is 0 Å². The third-order valence-corrected chi connectivity index (χ3v) is 8.85. The molecule has 8 aromatic rings. The van der Waals surface area contributed by atoms with Crippen LogP contribution in [0.1, 0.15) is 0 Å². The molecule has 0 aliphatic rings. The van der Waals surface area contributed by atoms with Crippen LogP contribution in [0.25, 0.3) is 76.0 Å². The number of benzene rings is 6. The summed E-state index contributed by atoms with van der Waals surface area (Å²) in [6.07, 6.45) is 0. The second-order valence-corrected chi connectivity index (χ2v) is 11.3. The van der Waals surface area contributed by atoms with Crippen molar-refractivity contribution in [3.05, 3.63) is 146 Å². The molecule has 3 heteroatoms. The molecule has 0 spiro atoms. The van der Waals surface area contributed by atoms with Crippen LogP contribution in [0.15, 0.2) is 146 Å². The van der Waals surface area contributed by atoms with Crippen molar-refractivity contribution >= 4 is 42.4 Å². The molecule has 0 saturated heterocycles. The van der Waals surface area contributed by atoms with Gasteiger partial charge in [-0.2, -0.15) is 0 Å². The highest BCUT2D eigenvalue weighted by Crippen LogP contribution is 2.40. The minimum atomic E-state index is 0.739. The highest BCUT2D eigenvalue weighted by molar-refractivity contribution is 7.26. The number of hydrogen-bond acceptors (Lipinski definition) is 3. The maximum atomic E-state index is 5.27. The zero-order chi connectivity index (χ0) is 27.2. The Morgan fingerprint density at radius 2 is 1.07 bits per heavy atom. The van der Waals surface area contributed by atoms with Crippen molar-refractivity contribution in [3.63, 3.8) is 0 Å². The average molecular weight is 541 g/mol. The summed E-state index contributed by atoms with van der Waals surface area (Å²) in [6.45, 7) is 0. The number of hydrogen-bond donors (Lipinski definition) is 0. The quantitative estimate of drug-likeness (QED) is 0.222. The predicted octanol–water partition coefficient (Wildman–Crippen LogP) is 10.7. The molecule has 0 aliphatic heterocycles. The zero-order valence-electron chi connectivity index (χ0n) is 22.2. The summed E-state index contributed by atoms with van der Waals surface area (Å²) in [5.74, 6) is 0.739. The van der Waals surface area contributed by atoms with E-state index in [-0.39, 0.29) is 0 Å². The van der Waals surface area contributed by atoms with Crippen LogP contribution in [-0.4, -0.2) is 9.97 Å². The molecular weight excluding hydrogens is 516 g/mol. The van der Waals surface area contributed by atoms with Crippen LogP contribution in [0.3, 0.4) is 0 Å². The van der Waals surface area contributed by atoms with E-state index < -0.39 is 0 Å². The SMILES string of the molecule is c1ccc(-c2cccc(-c3nc(-c4cccc(-c5cccc6ccccc56)c4)nc4c3sc3ccccc34)c2)cc1. The number of nitrogens with zero attached hydrogens (tertiary/aromatic N) is 2. The lowest BCUT2D eigenvalue weighted by Gasteiger charge is -2.11. The van der Waals surface area contributed by atoms with Gasteiger partial charge in [-0.1, -0.05) is 127 Å². The van der Waals surface area contributed by atoms with Gasteiger partial charge in [-0.05, 0) is 51.2 Å². The molecule has 0 aliphatic carbocycles. The van der Waals surface area contributed by atoms with Crippen molar-refractivity contribution < 1.29 is 0 Å². The predicted molar refractivity (Wildman–Crippen MR) is 174 cm³/mol. The van der Waals surface area contributed by atoms with E-state index in [1.54, 1.807) is 11.3 Å². The Morgan fingerprint density at radius 3 is 1.98 bits per heavy atom. The number of thiophene rings is 1. The molecule has 2 nitrogen and oxygen atoms in total. The first-order chi connectivity index (χ1) is 20.3. The summed E-state index contributed by atoms with van der Waals surface area (Å²) < 4.78 is 2.34. The van der Waals surface area contributed by atoms with Crippen LogP contribution in [0.2, 0.25) is 0 Å². The van der Waals surface area contributed by atoms with E-state index in [0.717, 1.165) is 38.4 Å². The van der Waals surface area contributed by atoms with Crippen molar-refractivity contribution in [1.82, 2.24) is 9.97 Å². The van der Waals surface area contributed by atoms with E-state index in [2.05, 4.69) is 146 Å². The fraction of sp³-hybridized carbons (Fsp3) is 0. The molecule has 2 heterocycles. The highest BCUT2D eigenvalue weighted by Gasteiger charge is 2.17. The Hall–Kier alpha value is -5.12. The molecule has 0 atom stereocenters. The molecule has 0 bridgehead atoms. The van der Waals surface area contributed by atoms with E-state index in [9.17, 15) is 0 Å². The normalized spacial score (nSPS) is 11.4. The van der Waals surface area contributed by atoms with Crippen molar-refractivity contribution in [2.45, 2.75) is 0 Å². The summed E-state index contributed by atoms with van der Waals surface area (Å²) in [7, 11) is 0. The van der Waals surface area contributed by atoms with E-state index in [1.165, 1.54) is 37.5 Å². The van der Waals surface area contributed by atoms with Gasteiger partial charge in [-0.3, -0.25) is 0 Å². The minimum Gasteiger partial charge on any atom is -0.226 e. The first-order valence-corrected chi connectivity index (χ1v) is 14.6. The van der Waals surface area contributed by atoms with Crippen LogP contribution in [-0.2, 0) is 0 Å². The Labute approximate surface area is 242 Å². The molecule has 2 aromatic heterocycles. The van der Waals surface area contributed by atoms with Gasteiger partial charge in [0.05, 0.1) is 15.9 Å². The molecule has 0 radical (unpaired) electrons. The van der Waals surface area contributed by atoms with Crippen molar-refractivity contribution in [1.29, 1.82) is 0 Å². The fourth-order valence-electron chi connectivity index (χ4n) is 5.70. The van der Waals surface area contributed by atoms with Gasteiger partial charge in [0.1, 0.15) is 0 Å². The van der Waals surface area contributed by atoms with E-state index in [4.69, 9.17) is 9.97 Å². The number of fused-ring (bicyclic) bond motifs is 4. The molecule has 192 valence electrons. The maximum Gasteiger partial charge on any atom is 0.160 e. The summed E-state index contributed by atoms with van der Waals surface area (Å²) >= 11 is 1.77. The van der Waals surface area contributed by atoms with Crippen LogP contribution in [0, 0.1) is 0 Å². The maximum absolute atomic E-state index is 5.27. The molecule has 0 amide bonds. The molecule has 6 aromatic carbocycles. The van der Waals surface area contributed by atoms with Crippen molar-refractivity contribution in [2.24, 2.45) is 0 Å². The number of rotatable bonds is 4. The van der Waals surface area contributed by atoms with Gasteiger partial charge >= 0.3 is 0 Å². The fourth-order valence-corrected chi connectivity index (χ4v) is 6.85. The zero-order valence-corrected chi connectivity index (χ0v) is 23.0. The second kappa shape index (κ2) is 9.81. The Kier molecular flexibility index (Phi) is 5.68. The highest BCUT2D eigenvalue weighted by atomic mass is 32.1. The smallest absolute Gasteiger partial charge is 0.160 e. The van der Waals surface area contributed by atoms with Crippen LogP contribution in [0.5, 0.6) is 0 Å².